The largest absolute Gasteiger partial charge is 0.481 e. The molecule has 1 N–H and O–H groups in total. The summed E-state index contributed by atoms with van der Waals surface area (Å²) in [5.41, 5.74) is 1.38. The van der Waals surface area contributed by atoms with Gasteiger partial charge in [-0.25, -0.2) is 0 Å². The van der Waals surface area contributed by atoms with Crippen molar-refractivity contribution in [1.29, 1.82) is 0 Å². The Labute approximate surface area is 115 Å². The van der Waals surface area contributed by atoms with Gasteiger partial charge in [0.1, 0.15) is 0 Å². The van der Waals surface area contributed by atoms with Crippen molar-refractivity contribution in [3.63, 3.8) is 0 Å². The molecule has 0 aliphatic carbocycles. The van der Waals surface area contributed by atoms with E-state index in [0.29, 0.717) is 18.4 Å². The Morgan fingerprint density at radius 2 is 2.16 bits per heavy atom. The summed E-state index contributed by atoms with van der Waals surface area (Å²) in [5.74, 6) is -0.123. The zero-order chi connectivity index (χ0) is 13.7. The molecule has 3 heteroatoms. The third-order valence-electron chi connectivity index (χ3n) is 4.10. The molecule has 1 heterocycles. The van der Waals surface area contributed by atoms with Gasteiger partial charge in [0.2, 0.25) is 0 Å². The van der Waals surface area contributed by atoms with Gasteiger partial charge in [-0.3, -0.25) is 9.69 Å². The predicted molar refractivity (Wildman–Crippen MR) is 76.0 cm³/mol. The normalized spacial score (nSPS) is 21.4. The number of hydrogen-bond acceptors (Lipinski definition) is 2. The highest BCUT2D eigenvalue weighted by molar-refractivity contribution is 5.66. The Balaban J connectivity index is 1.93. The number of carboxylic acid groups (broad SMARTS) is 1. The van der Waals surface area contributed by atoms with Gasteiger partial charge in [0.05, 0.1) is 0 Å². The van der Waals surface area contributed by atoms with Gasteiger partial charge in [0, 0.05) is 19.0 Å². The van der Waals surface area contributed by atoms with Crippen LogP contribution in [0.1, 0.15) is 44.2 Å². The van der Waals surface area contributed by atoms with Crippen LogP contribution in [0, 0.1) is 5.92 Å². The van der Waals surface area contributed by atoms with Crippen molar-refractivity contribution in [3.8, 4) is 0 Å². The molecule has 1 aromatic rings. The van der Waals surface area contributed by atoms with Crippen LogP contribution in [0.2, 0.25) is 0 Å². The van der Waals surface area contributed by atoms with Crippen LogP contribution in [-0.4, -0.2) is 29.1 Å². The molecule has 0 spiro atoms. The average Bonchev–Trinajstić information content (AvgIpc) is 2.87. The number of likely N-dealkylation sites (tertiary alicyclic amines) is 1. The van der Waals surface area contributed by atoms with E-state index in [-0.39, 0.29) is 0 Å². The van der Waals surface area contributed by atoms with Crippen LogP contribution in [0.4, 0.5) is 0 Å². The molecule has 0 amide bonds. The molecular formula is C16H23NO2. The quantitative estimate of drug-likeness (QED) is 0.854. The van der Waals surface area contributed by atoms with Gasteiger partial charge in [0.15, 0.2) is 0 Å². The fraction of sp³-hybridized carbons (Fsp3) is 0.562. The number of carboxylic acids is 1. The van der Waals surface area contributed by atoms with Gasteiger partial charge in [-0.05, 0) is 37.3 Å². The Kier molecular flexibility index (Phi) is 4.97. The molecule has 19 heavy (non-hydrogen) atoms. The molecule has 0 aromatic heterocycles. The molecule has 3 nitrogen and oxygen atoms in total. The monoisotopic (exact) mass is 261 g/mol. The van der Waals surface area contributed by atoms with E-state index in [1.807, 2.05) is 0 Å². The maximum absolute atomic E-state index is 10.6. The molecule has 104 valence electrons. The number of carbonyl (C=O) groups is 1. The maximum Gasteiger partial charge on any atom is 0.303 e. The van der Waals surface area contributed by atoms with E-state index in [1.54, 1.807) is 0 Å². The van der Waals surface area contributed by atoms with E-state index in [0.717, 1.165) is 32.4 Å². The lowest BCUT2D eigenvalue weighted by Crippen LogP contribution is -2.26. The highest BCUT2D eigenvalue weighted by Gasteiger charge is 2.28. The second-order valence-electron chi connectivity index (χ2n) is 5.42. The first kappa shape index (κ1) is 14.1. The van der Waals surface area contributed by atoms with Crippen molar-refractivity contribution < 1.29 is 9.90 Å². The van der Waals surface area contributed by atoms with Crippen LogP contribution in [0.15, 0.2) is 30.3 Å². The topological polar surface area (TPSA) is 40.5 Å². The molecule has 2 atom stereocenters. The minimum Gasteiger partial charge on any atom is -0.481 e. The number of nitrogens with zero attached hydrogens (tertiary/aromatic N) is 1. The smallest absolute Gasteiger partial charge is 0.303 e. The summed E-state index contributed by atoms with van der Waals surface area (Å²) in [5, 5.41) is 8.76. The van der Waals surface area contributed by atoms with Gasteiger partial charge in [-0.2, -0.15) is 0 Å². The van der Waals surface area contributed by atoms with Gasteiger partial charge in [-0.1, -0.05) is 37.3 Å². The van der Waals surface area contributed by atoms with E-state index in [9.17, 15) is 4.79 Å². The fourth-order valence-electron chi connectivity index (χ4n) is 3.09. The van der Waals surface area contributed by atoms with Crippen LogP contribution in [0.3, 0.4) is 0 Å². The second kappa shape index (κ2) is 6.71. The minimum atomic E-state index is -0.673. The van der Waals surface area contributed by atoms with Crippen molar-refractivity contribution in [2.75, 3.05) is 13.1 Å². The first-order chi connectivity index (χ1) is 9.20. The van der Waals surface area contributed by atoms with Crippen molar-refractivity contribution in [2.45, 2.75) is 38.6 Å². The molecule has 1 aromatic carbocycles. The lowest BCUT2D eigenvalue weighted by molar-refractivity contribution is -0.137. The summed E-state index contributed by atoms with van der Waals surface area (Å²) in [7, 11) is 0. The van der Waals surface area contributed by atoms with Crippen LogP contribution in [-0.2, 0) is 4.79 Å². The maximum atomic E-state index is 10.6. The predicted octanol–water partition coefficient (Wildman–Crippen LogP) is 3.32. The average molecular weight is 261 g/mol. The first-order valence-electron chi connectivity index (χ1n) is 7.21. The van der Waals surface area contributed by atoms with Crippen molar-refractivity contribution in [3.05, 3.63) is 35.9 Å². The summed E-state index contributed by atoms with van der Waals surface area (Å²) in [6, 6.07) is 11.1. The van der Waals surface area contributed by atoms with Gasteiger partial charge in [0.25, 0.3) is 0 Å². The molecule has 0 bridgehead atoms. The number of aliphatic carboxylic acids is 1. The lowest BCUT2D eigenvalue weighted by atomic mass is 10.0. The number of rotatable bonds is 6. The molecule has 0 saturated carbocycles. The zero-order valence-corrected chi connectivity index (χ0v) is 11.6. The first-order valence-corrected chi connectivity index (χ1v) is 7.21. The highest BCUT2D eigenvalue weighted by atomic mass is 16.4. The highest BCUT2D eigenvalue weighted by Crippen LogP contribution is 2.31. The third-order valence-corrected chi connectivity index (χ3v) is 4.10. The van der Waals surface area contributed by atoms with E-state index >= 15 is 0 Å². The zero-order valence-electron chi connectivity index (χ0n) is 11.6. The third kappa shape index (κ3) is 3.80. The van der Waals surface area contributed by atoms with Crippen LogP contribution in [0.5, 0.6) is 0 Å². The van der Waals surface area contributed by atoms with E-state index in [1.165, 1.54) is 5.56 Å². The van der Waals surface area contributed by atoms with Crippen molar-refractivity contribution in [1.82, 2.24) is 4.90 Å². The van der Waals surface area contributed by atoms with E-state index < -0.39 is 5.97 Å². The molecule has 0 radical (unpaired) electrons. The summed E-state index contributed by atoms with van der Waals surface area (Å²) < 4.78 is 0. The van der Waals surface area contributed by atoms with Gasteiger partial charge < -0.3 is 5.11 Å². The molecule has 1 aliphatic rings. The van der Waals surface area contributed by atoms with Crippen molar-refractivity contribution >= 4 is 5.97 Å². The Bertz CT molecular complexity index is 404. The molecular weight excluding hydrogens is 238 g/mol. The van der Waals surface area contributed by atoms with Crippen LogP contribution in [0.25, 0.3) is 0 Å². The molecule has 1 fully saturated rings. The second-order valence-corrected chi connectivity index (χ2v) is 5.42. The van der Waals surface area contributed by atoms with E-state index in [2.05, 4.69) is 42.2 Å². The Morgan fingerprint density at radius 1 is 1.42 bits per heavy atom. The van der Waals surface area contributed by atoms with Crippen LogP contribution < -0.4 is 0 Å². The molecule has 2 unspecified atom stereocenters. The number of benzene rings is 1. The summed E-state index contributed by atoms with van der Waals surface area (Å²) in [4.78, 5) is 13.2. The number of hydrogen-bond donors (Lipinski definition) is 1. The lowest BCUT2D eigenvalue weighted by Gasteiger charge is -2.27. The molecule has 2 rings (SSSR count). The van der Waals surface area contributed by atoms with Crippen molar-refractivity contribution in [2.24, 2.45) is 5.92 Å². The summed E-state index contributed by atoms with van der Waals surface area (Å²) >= 11 is 0. The Hall–Kier alpha value is -1.35. The SMILES string of the molecule is CCC(c1ccccc1)N1CCC(CCC(=O)O)C1. The molecule has 1 aliphatic heterocycles. The summed E-state index contributed by atoms with van der Waals surface area (Å²) in [6.45, 7) is 4.36. The fourth-order valence-corrected chi connectivity index (χ4v) is 3.09. The van der Waals surface area contributed by atoms with E-state index in [4.69, 9.17) is 5.11 Å². The van der Waals surface area contributed by atoms with Crippen LogP contribution >= 0.6 is 0 Å². The van der Waals surface area contributed by atoms with Gasteiger partial charge >= 0.3 is 5.97 Å². The Morgan fingerprint density at radius 3 is 2.79 bits per heavy atom. The molecule has 1 saturated heterocycles. The summed E-state index contributed by atoms with van der Waals surface area (Å²) in [6.07, 6.45) is 3.37. The van der Waals surface area contributed by atoms with Gasteiger partial charge in [-0.15, -0.1) is 0 Å². The minimum absolute atomic E-state index is 0.306. The standard InChI is InChI=1S/C16H23NO2/c1-2-15(14-6-4-3-5-7-14)17-11-10-13(12-17)8-9-16(18)19/h3-7,13,15H,2,8-12H2,1H3,(H,18,19).